The number of rotatable bonds is 4. The Morgan fingerprint density at radius 3 is 2.72 bits per heavy atom. The largest absolute Gasteiger partial charge is 0.494 e. The van der Waals surface area contributed by atoms with Gasteiger partial charge < -0.3 is 14.7 Å². The highest BCUT2D eigenvalue weighted by atomic mass is 16.5. The molecule has 18 heavy (non-hydrogen) atoms. The number of aliphatic hydroxyl groups excluding tert-OH is 1. The van der Waals surface area contributed by atoms with Gasteiger partial charge in [0.2, 0.25) is 5.91 Å². The van der Waals surface area contributed by atoms with E-state index < -0.39 is 0 Å². The Labute approximate surface area is 107 Å². The molecule has 0 aromatic heterocycles. The van der Waals surface area contributed by atoms with E-state index in [1.54, 1.807) is 4.90 Å². The molecular formula is C14H19NO3. The summed E-state index contributed by atoms with van der Waals surface area (Å²) in [6.45, 7) is 3.72. The molecule has 1 aromatic rings. The van der Waals surface area contributed by atoms with Crippen LogP contribution in [0.15, 0.2) is 24.3 Å². The van der Waals surface area contributed by atoms with Crippen molar-refractivity contribution in [1.29, 1.82) is 0 Å². The normalized spacial score (nSPS) is 19.0. The van der Waals surface area contributed by atoms with Gasteiger partial charge in [0.05, 0.1) is 19.1 Å². The van der Waals surface area contributed by atoms with Crippen LogP contribution in [0.2, 0.25) is 0 Å². The summed E-state index contributed by atoms with van der Waals surface area (Å²) >= 11 is 0. The highest BCUT2D eigenvalue weighted by Crippen LogP contribution is 2.15. The number of hydrogen-bond acceptors (Lipinski definition) is 3. The first-order valence-electron chi connectivity index (χ1n) is 6.36. The number of ether oxygens (including phenoxy) is 1. The maximum atomic E-state index is 12.0. The molecular weight excluding hydrogens is 230 g/mol. The lowest BCUT2D eigenvalue weighted by Crippen LogP contribution is -2.30. The van der Waals surface area contributed by atoms with Gasteiger partial charge in [-0.05, 0) is 31.0 Å². The summed E-state index contributed by atoms with van der Waals surface area (Å²) in [4.78, 5) is 13.7. The maximum absolute atomic E-state index is 12.0. The van der Waals surface area contributed by atoms with Crippen molar-refractivity contribution >= 4 is 5.91 Å². The van der Waals surface area contributed by atoms with Crippen LogP contribution >= 0.6 is 0 Å². The molecule has 1 N–H and O–H groups in total. The first-order chi connectivity index (χ1) is 8.69. The quantitative estimate of drug-likeness (QED) is 0.873. The van der Waals surface area contributed by atoms with E-state index in [-0.39, 0.29) is 12.0 Å². The number of hydrogen-bond donors (Lipinski definition) is 1. The Balaban J connectivity index is 1.90. The van der Waals surface area contributed by atoms with Crippen molar-refractivity contribution in [2.24, 2.45) is 0 Å². The van der Waals surface area contributed by atoms with Crippen molar-refractivity contribution in [2.45, 2.75) is 25.9 Å². The monoisotopic (exact) mass is 249 g/mol. The average Bonchev–Trinajstić information content (AvgIpc) is 2.79. The van der Waals surface area contributed by atoms with E-state index in [9.17, 15) is 9.90 Å². The molecule has 1 amide bonds. The van der Waals surface area contributed by atoms with Crippen molar-refractivity contribution in [3.8, 4) is 5.75 Å². The zero-order valence-corrected chi connectivity index (χ0v) is 10.6. The van der Waals surface area contributed by atoms with Gasteiger partial charge in [-0.2, -0.15) is 0 Å². The van der Waals surface area contributed by atoms with E-state index in [1.807, 2.05) is 31.2 Å². The van der Waals surface area contributed by atoms with E-state index >= 15 is 0 Å². The van der Waals surface area contributed by atoms with E-state index in [2.05, 4.69) is 0 Å². The highest BCUT2D eigenvalue weighted by Gasteiger charge is 2.24. The van der Waals surface area contributed by atoms with Gasteiger partial charge in [-0.25, -0.2) is 0 Å². The molecule has 0 saturated carbocycles. The van der Waals surface area contributed by atoms with Crippen LogP contribution in [0.1, 0.15) is 18.9 Å². The maximum Gasteiger partial charge on any atom is 0.227 e. The molecule has 0 bridgehead atoms. The summed E-state index contributed by atoms with van der Waals surface area (Å²) in [7, 11) is 0. The van der Waals surface area contributed by atoms with E-state index in [0.29, 0.717) is 32.5 Å². The third kappa shape index (κ3) is 3.23. The van der Waals surface area contributed by atoms with Gasteiger partial charge >= 0.3 is 0 Å². The van der Waals surface area contributed by atoms with Crippen molar-refractivity contribution in [2.75, 3.05) is 19.7 Å². The van der Waals surface area contributed by atoms with Crippen LogP contribution in [0.4, 0.5) is 0 Å². The van der Waals surface area contributed by atoms with Crippen molar-refractivity contribution in [3.63, 3.8) is 0 Å². The van der Waals surface area contributed by atoms with Gasteiger partial charge in [0.1, 0.15) is 5.75 Å². The van der Waals surface area contributed by atoms with Crippen LogP contribution in [0, 0.1) is 0 Å². The number of carbonyl (C=O) groups is 1. The number of aliphatic hydroxyl groups is 1. The zero-order valence-electron chi connectivity index (χ0n) is 10.6. The summed E-state index contributed by atoms with van der Waals surface area (Å²) in [5.74, 6) is 0.904. The standard InChI is InChI=1S/C14H19NO3/c1-2-18-13-5-3-11(4-6-13)9-14(17)15-8-7-12(16)10-15/h3-6,12,16H,2,7-10H2,1H3. The molecule has 4 heteroatoms. The van der Waals surface area contributed by atoms with Gasteiger partial charge in [-0.3, -0.25) is 4.79 Å². The summed E-state index contributed by atoms with van der Waals surface area (Å²) < 4.78 is 5.35. The molecule has 98 valence electrons. The molecule has 0 aliphatic carbocycles. The van der Waals surface area contributed by atoms with Gasteiger partial charge in [0, 0.05) is 13.1 Å². The molecule has 1 unspecified atom stereocenters. The lowest BCUT2D eigenvalue weighted by atomic mass is 10.1. The fourth-order valence-electron chi connectivity index (χ4n) is 2.12. The molecule has 1 atom stereocenters. The third-order valence-electron chi connectivity index (χ3n) is 3.11. The van der Waals surface area contributed by atoms with Crippen LogP contribution in [-0.4, -0.2) is 41.7 Å². The van der Waals surface area contributed by atoms with Crippen molar-refractivity contribution in [1.82, 2.24) is 4.90 Å². The SMILES string of the molecule is CCOc1ccc(CC(=O)N2CCC(O)C2)cc1. The molecule has 1 aromatic carbocycles. The Morgan fingerprint density at radius 1 is 1.44 bits per heavy atom. The number of amides is 1. The second-order valence-electron chi connectivity index (χ2n) is 4.54. The molecule has 4 nitrogen and oxygen atoms in total. The lowest BCUT2D eigenvalue weighted by Gasteiger charge is -2.15. The third-order valence-corrected chi connectivity index (χ3v) is 3.11. The Bertz CT molecular complexity index is 402. The molecule has 1 fully saturated rings. The Morgan fingerprint density at radius 2 is 2.17 bits per heavy atom. The fraction of sp³-hybridized carbons (Fsp3) is 0.500. The van der Waals surface area contributed by atoms with E-state index in [0.717, 1.165) is 11.3 Å². The topological polar surface area (TPSA) is 49.8 Å². The summed E-state index contributed by atoms with van der Waals surface area (Å²) in [6, 6.07) is 7.58. The van der Waals surface area contributed by atoms with Gasteiger partial charge in [0.25, 0.3) is 0 Å². The molecule has 1 aliphatic heterocycles. The van der Waals surface area contributed by atoms with E-state index in [1.165, 1.54) is 0 Å². The average molecular weight is 249 g/mol. The smallest absolute Gasteiger partial charge is 0.227 e. The van der Waals surface area contributed by atoms with E-state index in [4.69, 9.17) is 4.74 Å². The molecule has 1 saturated heterocycles. The van der Waals surface area contributed by atoms with Gasteiger partial charge in [-0.15, -0.1) is 0 Å². The Hall–Kier alpha value is -1.55. The number of nitrogens with zero attached hydrogens (tertiary/aromatic N) is 1. The molecule has 1 aliphatic rings. The zero-order chi connectivity index (χ0) is 13.0. The summed E-state index contributed by atoms with van der Waals surface area (Å²) in [5.41, 5.74) is 0.977. The van der Waals surface area contributed by atoms with Crippen LogP contribution in [-0.2, 0) is 11.2 Å². The fourth-order valence-corrected chi connectivity index (χ4v) is 2.12. The number of carbonyl (C=O) groups excluding carboxylic acids is 1. The van der Waals surface area contributed by atoms with Crippen molar-refractivity contribution in [3.05, 3.63) is 29.8 Å². The second-order valence-corrected chi connectivity index (χ2v) is 4.54. The number of β-amino-alcohol motifs (C(OH)–C–C–N with tert-alkyl or cyclic N) is 1. The van der Waals surface area contributed by atoms with Crippen molar-refractivity contribution < 1.29 is 14.6 Å². The second kappa shape index (κ2) is 5.87. The van der Waals surface area contributed by atoms with Crippen LogP contribution in [0.5, 0.6) is 5.75 Å². The minimum atomic E-state index is -0.353. The minimum absolute atomic E-state index is 0.0794. The summed E-state index contributed by atoms with van der Waals surface area (Å²) in [5, 5.41) is 9.40. The first-order valence-corrected chi connectivity index (χ1v) is 6.36. The number of benzene rings is 1. The lowest BCUT2D eigenvalue weighted by molar-refractivity contribution is -0.129. The molecule has 0 radical (unpaired) electrons. The van der Waals surface area contributed by atoms with Crippen LogP contribution < -0.4 is 4.74 Å². The minimum Gasteiger partial charge on any atom is -0.494 e. The summed E-state index contributed by atoms with van der Waals surface area (Å²) in [6.07, 6.45) is 0.725. The van der Waals surface area contributed by atoms with Crippen LogP contribution in [0.25, 0.3) is 0 Å². The molecule has 2 rings (SSSR count). The molecule has 0 spiro atoms. The first kappa shape index (κ1) is 12.9. The predicted octanol–water partition coefficient (Wildman–Crippen LogP) is 1.22. The highest BCUT2D eigenvalue weighted by molar-refractivity contribution is 5.79. The Kier molecular flexibility index (Phi) is 4.20. The van der Waals surface area contributed by atoms with Crippen LogP contribution in [0.3, 0.4) is 0 Å². The molecule has 1 heterocycles. The van der Waals surface area contributed by atoms with Gasteiger partial charge in [-0.1, -0.05) is 12.1 Å². The predicted molar refractivity (Wildman–Crippen MR) is 68.5 cm³/mol. The number of likely N-dealkylation sites (tertiary alicyclic amines) is 1. The van der Waals surface area contributed by atoms with Gasteiger partial charge in [0.15, 0.2) is 0 Å².